The van der Waals surface area contributed by atoms with Gasteiger partial charge in [0.1, 0.15) is 0 Å². The highest BCUT2D eigenvalue weighted by Gasteiger charge is 2.30. The Bertz CT molecular complexity index is 501. The van der Waals surface area contributed by atoms with Crippen molar-refractivity contribution in [3.63, 3.8) is 0 Å². The zero-order chi connectivity index (χ0) is 16.1. The van der Waals surface area contributed by atoms with Gasteiger partial charge in [0.15, 0.2) is 0 Å². The number of nitrogens with zero attached hydrogens (tertiary/aromatic N) is 2. The third-order valence-corrected chi connectivity index (χ3v) is 5.45. The Balaban J connectivity index is 1.94. The first-order chi connectivity index (χ1) is 10.5. The van der Waals surface area contributed by atoms with Gasteiger partial charge >= 0.3 is 0 Å². The molecule has 2 rings (SSSR count). The molecule has 4 nitrogen and oxygen atoms in total. The molecule has 122 valence electrons. The Labute approximate surface area is 137 Å². The summed E-state index contributed by atoms with van der Waals surface area (Å²) in [6, 6.07) is 2.13. The normalized spacial score (nSPS) is 21.4. The molecule has 22 heavy (non-hydrogen) atoms. The Kier molecular flexibility index (Phi) is 6.00. The lowest BCUT2D eigenvalue weighted by Crippen LogP contribution is -2.47. The topological polar surface area (TPSA) is 40.6 Å². The summed E-state index contributed by atoms with van der Waals surface area (Å²) in [6.45, 7) is 2.35. The number of amides is 2. The second-order valence-corrected chi connectivity index (χ2v) is 6.98. The van der Waals surface area contributed by atoms with E-state index in [9.17, 15) is 9.59 Å². The predicted molar refractivity (Wildman–Crippen MR) is 90.1 cm³/mol. The van der Waals surface area contributed by atoms with Crippen molar-refractivity contribution in [2.24, 2.45) is 5.92 Å². The van der Waals surface area contributed by atoms with E-state index in [2.05, 4.69) is 6.92 Å². The Hall–Kier alpha value is -1.36. The number of likely N-dealkylation sites (N-methyl/N-ethyl adjacent to an activating group) is 2. The second kappa shape index (κ2) is 7.77. The molecule has 0 N–H and O–H groups in total. The summed E-state index contributed by atoms with van der Waals surface area (Å²) < 4.78 is 0. The molecule has 2 unspecified atom stereocenters. The molecule has 0 radical (unpaired) electrons. The Morgan fingerprint density at radius 1 is 1.27 bits per heavy atom. The third kappa shape index (κ3) is 3.88. The lowest BCUT2D eigenvalue weighted by Gasteiger charge is -2.38. The van der Waals surface area contributed by atoms with Crippen LogP contribution >= 0.6 is 11.3 Å². The van der Waals surface area contributed by atoms with Crippen molar-refractivity contribution in [3.8, 4) is 0 Å². The number of hydrogen-bond donors (Lipinski definition) is 0. The van der Waals surface area contributed by atoms with Gasteiger partial charge in [-0.2, -0.15) is 11.3 Å². The van der Waals surface area contributed by atoms with Crippen LogP contribution in [0.2, 0.25) is 0 Å². The highest BCUT2D eigenvalue weighted by Crippen LogP contribution is 2.30. The molecule has 0 spiro atoms. The molecule has 5 heteroatoms. The lowest BCUT2D eigenvalue weighted by atomic mass is 9.82. The molecule has 1 aromatic heterocycles. The van der Waals surface area contributed by atoms with Gasteiger partial charge in [-0.1, -0.05) is 26.2 Å². The molecular formula is C17H26N2O2S. The average molecular weight is 322 g/mol. The summed E-state index contributed by atoms with van der Waals surface area (Å²) in [5.41, 5.74) is 0.659. The fourth-order valence-electron chi connectivity index (χ4n) is 3.35. The molecule has 1 heterocycles. The van der Waals surface area contributed by atoms with Crippen LogP contribution in [0.25, 0.3) is 0 Å². The van der Waals surface area contributed by atoms with Gasteiger partial charge in [-0.05, 0) is 30.2 Å². The standard InChI is InChI=1S/C17H26N2O2S/c1-4-13-7-5-6-8-15(13)19(3)16(20)11-18(2)17(21)14-9-10-22-12-14/h9-10,12-13,15H,4-8,11H2,1-3H3. The Morgan fingerprint density at radius 2 is 2.00 bits per heavy atom. The van der Waals surface area contributed by atoms with Crippen LogP contribution in [0, 0.1) is 5.92 Å². The van der Waals surface area contributed by atoms with E-state index in [4.69, 9.17) is 0 Å². The molecule has 0 saturated heterocycles. The highest BCUT2D eigenvalue weighted by molar-refractivity contribution is 7.08. The largest absolute Gasteiger partial charge is 0.341 e. The van der Waals surface area contributed by atoms with Crippen LogP contribution in [0.1, 0.15) is 49.4 Å². The number of thiophene rings is 1. The summed E-state index contributed by atoms with van der Waals surface area (Å²) in [7, 11) is 3.59. The maximum atomic E-state index is 12.5. The van der Waals surface area contributed by atoms with E-state index in [1.54, 1.807) is 13.1 Å². The predicted octanol–water partition coefficient (Wildman–Crippen LogP) is 3.25. The summed E-state index contributed by atoms with van der Waals surface area (Å²) >= 11 is 1.49. The first-order valence-electron chi connectivity index (χ1n) is 8.08. The van der Waals surface area contributed by atoms with Gasteiger partial charge in [0.25, 0.3) is 5.91 Å². The summed E-state index contributed by atoms with van der Waals surface area (Å²) in [5.74, 6) is 0.552. The Morgan fingerprint density at radius 3 is 2.64 bits per heavy atom. The maximum absolute atomic E-state index is 12.5. The molecule has 0 bridgehead atoms. The zero-order valence-corrected chi connectivity index (χ0v) is 14.6. The molecule has 1 aliphatic carbocycles. The SMILES string of the molecule is CCC1CCCCC1N(C)C(=O)CN(C)C(=O)c1ccsc1. The summed E-state index contributed by atoms with van der Waals surface area (Å²) in [4.78, 5) is 28.1. The fraction of sp³-hybridized carbons (Fsp3) is 0.647. The van der Waals surface area contributed by atoms with Gasteiger partial charge in [0.05, 0.1) is 12.1 Å². The van der Waals surface area contributed by atoms with E-state index in [0.717, 1.165) is 12.8 Å². The molecular weight excluding hydrogens is 296 g/mol. The van der Waals surface area contributed by atoms with Crippen LogP contribution in [-0.4, -0.2) is 48.3 Å². The van der Waals surface area contributed by atoms with Crippen molar-refractivity contribution in [2.75, 3.05) is 20.6 Å². The smallest absolute Gasteiger partial charge is 0.254 e. The monoisotopic (exact) mass is 322 g/mol. The quantitative estimate of drug-likeness (QED) is 0.835. The van der Waals surface area contributed by atoms with E-state index < -0.39 is 0 Å². The molecule has 1 aromatic rings. The number of carbonyl (C=O) groups excluding carboxylic acids is 2. The van der Waals surface area contributed by atoms with Crippen molar-refractivity contribution in [2.45, 2.75) is 45.1 Å². The van der Waals surface area contributed by atoms with Crippen molar-refractivity contribution in [3.05, 3.63) is 22.4 Å². The summed E-state index contributed by atoms with van der Waals surface area (Å²) in [5, 5.41) is 3.70. The van der Waals surface area contributed by atoms with Crippen molar-refractivity contribution in [1.82, 2.24) is 9.80 Å². The fourth-order valence-corrected chi connectivity index (χ4v) is 3.98. The third-order valence-electron chi connectivity index (χ3n) is 4.77. The van der Waals surface area contributed by atoms with Crippen LogP contribution < -0.4 is 0 Å². The molecule has 0 aliphatic heterocycles. The van der Waals surface area contributed by atoms with Crippen LogP contribution in [0.4, 0.5) is 0 Å². The zero-order valence-electron chi connectivity index (χ0n) is 13.7. The van der Waals surface area contributed by atoms with Crippen molar-refractivity contribution < 1.29 is 9.59 Å². The first-order valence-corrected chi connectivity index (χ1v) is 9.02. The van der Waals surface area contributed by atoms with Gasteiger partial charge in [0, 0.05) is 25.5 Å². The van der Waals surface area contributed by atoms with Gasteiger partial charge in [-0.25, -0.2) is 0 Å². The number of rotatable bonds is 5. The van der Waals surface area contributed by atoms with Gasteiger partial charge in [-0.15, -0.1) is 0 Å². The van der Waals surface area contributed by atoms with Crippen molar-refractivity contribution in [1.29, 1.82) is 0 Å². The van der Waals surface area contributed by atoms with Crippen LogP contribution in [-0.2, 0) is 4.79 Å². The van der Waals surface area contributed by atoms with E-state index in [0.29, 0.717) is 17.5 Å². The molecule has 1 aliphatic rings. The van der Waals surface area contributed by atoms with E-state index >= 15 is 0 Å². The van der Waals surface area contributed by atoms with E-state index in [1.165, 1.54) is 35.5 Å². The minimum Gasteiger partial charge on any atom is -0.341 e. The van der Waals surface area contributed by atoms with Gasteiger partial charge < -0.3 is 9.80 Å². The summed E-state index contributed by atoms with van der Waals surface area (Å²) in [6.07, 6.45) is 5.88. The van der Waals surface area contributed by atoms with Crippen LogP contribution in [0.3, 0.4) is 0 Å². The molecule has 1 fully saturated rings. The first kappa shape index (κ1) is 17.0. The minimum atomic E-state index is -0.0846. The van der Waals surface area contributed by atoms with Gasteiger partial charge in [-0.3, -0.25) is 9.59 Å². The highest BCUT2D eigenvalue weighted by atomic mass is 32.1. The molecule has 1 saturated carbocycles. The van der Waals surface area contributed by atoms with Crippen LogP contribution in [0.15, 0.2) is 16.8 Å². The van der Waals surface area contributed by atoms with Crippen LogP contribution in [0.5, 0.6) is 0 Å². The van der Waals surface area contributed by atoms with Crippen molar-refractivity contribution >= 4 is 23.2 Å². The van der Waals surface area contributed by atoms with E-state index in [-0.39, 0.29) is 18.4 Å². The minimum absolute atomic E-state index is 0.0384. The maximum Gasteiger partial charge on any atom is 0.254 e. The molecule has 2 atom stereocenters. The lowest BCUT2D eigenvalue weighted by molar-refractivity contribution is -0.134. The number of hydrogen-bond acceptors (Lipinski definition) is 3. The van der Waals surface area contributed by atoms with Gasteiger partial charge in [0.2, 0.25) is 5.91 Å². The van der Waals surface area contributed by atoms with E-state index in [1.807, 2.05) is 22.7 Å². The average Bonchev–Trinajstić information content (AvgIpc) is 3.07. The number of carbonyl (C=O) groups is 2. The molecule has 2 amide bonds. The molecule has 0 aromatic carbocycles. The second-order valence-electron chi connectivity index (χ2n) is 6.20.